The van der Waals surface area contributed by atoms with Crippen molar-refractivity contribution in [3.8, 4) is 0 Å². The van der Waals surface area contributed by atoms with E-state index in [1.165, 1.54) is 4.90 Å². The second-order valence-electron chi connectivity index (χ2n) is 5.55. The summed E-state index contributed by atoms with van der Waals surface area (Å²) in [4.78, 5) is 35.8. The minimum atomic E-state index is -0.841. The van der Waals surface area contributed by atoms with Gasteiger partial charge in [-0.3, -0.25) is 19.3 Å². The molecular weight excluding hydrogens is 258 g/mol. The van der Waals surface area contributed by atoms with Crippen molar-refractivity contribution in [2.75, 3.05) is 4.90 Å². The number of benzene rings is 1. The van der Waals surface area contributed by atoms with Crippen molar-refractivity contribution in [1.82, 2.24) is 0 Å². The Balaban J connectivity index is 1.78. The van der Waals surface area contributed by atoms with Crippen molar-refractivity contribution in [2.45, 2.75) is 25.7 Å². The van der Waals surface area contributed by atoms with Crippen LogP contribution in [0.5, 0.6) is 0 Å². The highest BCUT2D eigenvalue weighted by atomic mass is 16.4. The van der Waals surface area contributed by atoms with Gasteiger partial charge in [0.1, 0.15) is 0 Å². The molecule has 3 rings (SSSR count). The molecule has 3 unspecified atom stereocenters. The second kappa shape index (κ2) is 4.44. The minimum Gasteiger partial charge on any atom is -0.481 e. The van der Waals surface area contributed by atoms with Crippen LogP contribution in [0, 0.1) is 11.8 Å². The molecule has 1 heterocycles. The van der Waals surface area contributed by atoms with E-state index in [9.17, 15) is 14.4 Å². The molecule has 0 spiro atoms. The molecule has 20 heavy (non-hydrogen) atoms. The smallest absolute Gasteiger partial charge is 0.303 e. The number of aliphatic carboxylic acids is 1. The summed E-state index contributed by atoms with van der Waals surface area (Å²) in [5.41, 5.74) is 1.47. The zero-order chi connectivity index (χ0) is 14.4. The lowest BCUT2D eigenvalue weighted by Crippen LogP contribution is -2.32. The van der Waals surface area contributed by atoms with Crippen molar-refractivity contribution in [1.29, 1.82) is 0 Å². The molecular formula is C15H15NO4. The van der Waals surface area contributed by atoms with Gasteiger partial charge in [0.05, 0.1) is 23.9 Å². The van der Waals surface area contributed by atoms with E-state index in [4.69, 9.17) is 5.11 Å². The van der Waals surface area contributed by atoms with Crippen LogP contribution in [-0.2, 0) is 14.4 Å². The first-order chi connectivity index (χ1) is 9.49. The fraction of sp³-hybridized carbons (Fsp3) is 0.400. The molecule has 3 atom stereocenters. The van der Waals surface area contributed by atoms with Crippen LogP contribution in [0.25, 0.3) is 0 Å². The molecule has 0 radical (unpaired) electrons. The third kappa shape index (κ3) is 1.99. The lowest BCUT2D eigenvalue weighted by molar-refractivity contribution is -0.137. The molecule has 0 aromatic heterocycles. The Hall–Kier alpha value is -2.17. The number of amides is 2. The molecule has 2 fully saturated rings. The number of carboxylic acids is 1. The van der Waals surface area contributed by atoms with Crippen LogP contribution in [-0.4, -0.2) is 22.9 Å². The number of rotatable bonds is 4. The van der Waals surface area contributed by atoms with Crippen LogP contribution in [0.15, 0.2) is 24.3 Å². The molecule has 1 saturated heterocycles. The van der Waals surface area contributed by atoms with Crippen molar-refractivity contribution in [2.24, 2.45) is 11.8 Å². The van der Waals surface area contributed by atoms with Gasteiger partial charge in [0, 0.05) is 0 Å². The van der Waals surface area contributed by atoms with Crippen molar-refractivity contribution >= 4 is 23.5 Å². The van der Waals surface area contributed by atoms with Gasteiger partial charge in [0.15, 0.2) is 0 Å². The number of imide groups is 1. The standard InChI is InChI=1S/C15H15NO4/c1-8(6-13(17)18)9-2-4-10(5-3-9)16-14(19)11-7-12(11)15(16)20/h2-5,8,11-12H,6-7H2,1H3,(H,17,18). The van der Waals surface area contributed by atoms with Gasteiger partial charge in [0.2, 0.25) is 11.8 Å². The molecule has 2 amide bonds. The Morgan fingerprint density at radius 1 is 1.25 bits per heavy atom. The van der Waals surface area contributed by atoms with Crippen molar-refractivity contribution < 1.29 is 19.5 Å². The first-order valence-corrected chi connectivity index (χ1v) is 6.68. The van der Waals surface area contributed by atoms with Gasteiger partial charge >= 0.3 is 5.97 Å². The molecule has 5 heteroatoms. The summed E-state index contributed by atoms with van der Waals surface area (Å²) in [7, 11) is 0. The van der Waals surface area contributed by atoms with Crippen LogP contribution in [0.1, 0.15) is 31.2 Å². The van der Waals surface area contributed by atoms with Gasteiger partial charge in [-0.05, 0) is 30.0 Å². The van der Waals surface area contributed by atoms with E-state index < -0.39 is 5.97 Å². The van der Waals surface area contributed by atoms with E-state index >= 15 is 0 Å². The zero-order valence-electron chi connectivity index (χ0n) is 11.1. The van der Waals surface area contributed by atoms with Crippen molar-refractivity contribution in [3.05, 3.63) is 29.8 Å². The highest BCUT2D eigenvalue weighted by molar-refractivity contribution is 6.24. The normalized spacial score (nSPS) is 25.6. The number of fused-ring (bicyclic) bond motifs is 1. The highest BCUT2D eigenvalue weighted by Gasteiger charge is 2.59. The van der Waals surface area contributed by atoms with Gasteiger partial charge in [0.25, 0.3) is 0 Å². The molecule has 1 N–H and O–H groups in total. The Bertz CT molecular complexity index is 572. The molecule has 1 aromatic rings. The minimum absolute atomic E-state index is 0.0606. The maximum atomic E-state index is 11.9. The van der Waals surface area contributed by atoms with Crippen LogP contribution in [0.2, 0.25) is 0 Å². The molecule has 1 aromatic carbocycles. The van der Waals surface area contributed by atoms with Gasteiger partial charge in [-0.1, -0.05) is 19.1 Å². The molecule has 0 bridgehead atoms. The molecule has 1 aliphatic carbocycles. The molecule has 104 valence electrons. The summed E-state index contributed by atoms with van der Waals surface area (Å²) >= 11 is 0. The Morgan fingerprint density at radius 3 is 2.30 bits per heavy atom. The van der Waals surface area contributed by atoms with E-state index in [1.807, 2.05) is 6.92 Å². The maximum Gasteiger partial charge on any atom is 0.303 e. The maximum absolute atomic E-state index is 11.9. The summed E-state index contributed by atoms with van der Waals surface area (Å²) in [6.45, 7) is 1.84. The second-order valence-corrected chi connectivity index (χ2v) is 5.55. The third-order valence-electron chi connectivity index (χ3n) is 4.07. The SMILES string of the molecule is CC(CC(=O)O)c1ccc(N2C(=O)C3CC3C2=O)cc1. The molecule has 1 saturated carbocycles. The predicted molar refractivity (Wildman–Crippen MR) is 71.2 cm³/mol. The van der Waals surface area contributed by atoms with Crippen molar-refractivity contribution in [3.63, 3.8) is 0 Å². The summed E-state index contributed by atoms with van der Waals surface area (Å²) in [5.74, 6) is -1.36. The summed E-state index contributed by atoms with van der Waals surface area (Å²) in [6, 6.07) is 7.00. The van der Waals surface area contributed by atoms with E-state index in [2.05, 4.69) is 0 Å². The first-order valence-electron chi connectivity index (χ1n) is 6.68. The number of hydrogen-bond acceptors (Lipinski definition) is 3. The van der Waals surface area contributed by atoms with E-state index in [0.717, 1.165) is 5.56 Å². The summed E-state index contributed by atoms with van der Waals surface area (Å²) in [6.07, 6.45) is 0.757. The zero-order valence-corrected chi connectivity index (χ0v) is 11.1. The molecule has 1 aliphatic heterocycles. The largest absolute Gasteiger partial charge is 0.481 e. The first kappa shape index (κ1) is 12.8. The fourth-order valence-corrected chi connectivity index (χ4v) is 2.77. The molecule has 5 nitrogen and oxygen atoms in total. The van der Waals surface area contributed by atoms with Crippen LogP contribution in [0.3, 0.4) is 0 Å². The van der Waals surface area contributed by atoms with Gasteiger partial charge < -0.3 is 5.11 Å². The number of hydrogen-bond donors (Lipinski definition) is 1. The molecule has 2 aliphatic rings. The Labute approximate surface area is 116 Å². The van der Waals surface area contributed by atoms with E-state index in [0.29, 0.717) is 12.1 Å². The topological polar surface area (TPSA) is 74.7 Å². The monoisotopic (exact) mass is 273 g/mol. The van der Waals surface area contributed by atoms with Crippen LogP contribution in [0.4, 0.5) is 5.69 Å². The van der Waals surface area contributed by atoms with E-state index in [1.54, 1.807) is 24.3 Å². The third-order valence-corrected chi connectivity index (χ3v) is 4.07. The average molecular weight is 273 g/mol. The number of carboxylic acid groups (broad SMARTS) is 1. The van der Waals surface area contributed by atoms with E-state index in [-0.39, 0.29) is 36.0 Å². The predicted octanol–water partition coefficient (Wildman–Crippen LogP) is 1.77. The highest BCUT2D eigenvalue weighted by Crippen LogP contribution is 2.48. The number of carbonyl (C=O) groups is 3. The lowest BCUT2D eigenvalue weighted by Gasteiger charge is -2.17. The quantitative estimate of drug-likeness (QED) is 0.848. The summed E-state index contributed by atoms with van der Waals surface area (Å²) < 4.78 is 0. The summed E-state index contributed by atoms with van der Waals surface area (Å²) in [5, 5.41) is 8.78. The van der Waals surface area contributed by atoms with Gasteiger partial charge in [-0.2, -0.15) is 0 Å². The Kier molecular flexibility index (Phi) is 2.85. The fourth-order valence-electron chi connectivity index (χ4n) is 2.77. The van der Waals surface area contributed by atoms with Crippen LogP contribution >= 0.6 is 0 Å². The van der Waals surface area contributed by atoms with Gasteiger partial charge in [-0.25, -0.2) is 0 Å². The number of carbonyl (C=O) groups excluding carboxylic acids is 2. The van der Waals surface area contributed by atoms with Crippen LogP contribution < -0.4 is 4.90 Å². The average Bonchev–Trinajstić information content (AvgIpc) is 3.14. The van der Waals surface area contributed by atoms with Gasteiger partial charge in [-0.15, -0.1) is 0 Å². The number of nitrogens with zero attached hydrogens (tertiary/aromatic N) is 1. The Morgan fingerprint density at radius 2 is 1.80 bits per heavy atom. The lowest BCUT2D eigenvalue weighted by atomic mass is 9.97. The number of anilines is 1. The number of piperidine rings is 1.